The van der Waals surface area contributed by atoms with Crippen LogP contribution in [0.1, 0.15) is 30.9 Å². The van der Waals surface area contributed by atoms with E-state index in [-0.39, 0.29) is 30.9 Å². The van der Waals surface area contributed by atoms with E-state index in [1.54, 1.807) is 0 Å². The number of nitrogens with zero attached hydrogens (tertiary/aromatic N) is 1. The molecule has 1 saturated heterocycles. The molecule has 0 spiro atoms. The fourth-order valence-corrected chi connectivity index (χ4v) is 3.88. The summed E-state index contributed by atoms with van der Waals surface area (Å²) in [6.45, 7) is 4.05. The molecule has 0 bridgehead atoms. The van der Waals surface area contributed by atoms with Gasteiger partial charge in [0.1, 0.15) is 5.75 Å². The zero-order chi connectivity index (χ0) is 14.1. The molecule has 0 amide bonds. The normalized spacial score (nSPS) is 20.5. The van der Waals surface area contributed by atoms with Gasteiger partial charge in [-0.15, -0.1) is 24.8 Å². The van der Waals surface area contributed by atoms with Gasteiger partial charge in [-0.3, -0.25) is 4.90 Å². The van der Waals surface area contributed by atoms with E-state index in [1.165, 1.54) is 19.3 Å². The maximum absolute atomic E-state index is 10.5. The quantitative estimate of drug-likeness (QED) is 0.743. The predicted octanol–water partition coefficient (Wildman–Crippen LogP) is 4.40. The van der Waals surface area contributed by atoms with Gasteiger partial charge in [-0.1, -0.05) is 18.0 Å². The first kappa shape index (κ1) is 20.3. The SMILES string of the molecule is Cl.Cl.Oc1c(Br)ccc(Cl)c1[C@@H](C1CCC1)N1CCNCC1. The lowest BCUT2D eigenvalue weighted by atomic mass is 9.76. The van der Waals surface area contributed by atoms with Crippen molar-refractivity contribution >= 4 is 52.3 Å². The average Bonchev–Trinajstić information content (AvgIpc) is 2.41. The Morgan fingerprint density at radius 3 is 2.41 bits per heavy atom. The number of piperazine rings is 1. The molecular formula is C15H22BrCl3N2O. The summed E-state index contributed by atoms with van der Waals surface area (Å²) in [6, 6.07) is 3.95. The molecule has 0 aromatic heterocycles. The maximum atomic E-state index is 10.5. The summed E-state index contributed by atoms with van der Waals surface area (Å²) < 4.78 is 0.733. The Kier molecular flexibility index (Phi) is 8.27. The van der Waals surface area contributed by atoms with Gasteiger partial charge in [-0.05, 0) is 46.8 Å². The highest BCUT2D eigenvalue weighted by Crippen LogP contribution is 2.48. The summed E-state index contributed by atoms with van der Waals surface area (Å²) in [5, 5.41) is 14.5. The molecule has 3 nitrogen and oxygen atoms in total. The van der Waals surface area contributed by atoms with Gasteiger partial charge in [0.25, 0.3) is 0 Å². The Bertz CT molecular complexity index is 494. The molecule has 3 rings (SSSR count). The Morgan fingerprint density at radius 2 is 1.86 bits per heavy atom. The number of aromatic hydroxyl groups is 1. The number of hydrogen-bond donors (Lipinski definition) is 2. The number of rotatable bonds is 3. The van der Waals surface area contributed by atoms with Crippen molar-refractivity contribution in [1.29, 1.82) is 0 Å². The van der Waals surface area contributed by atoms with E-state index in [2.05, 4.69) is 26.1 Å². The van der Waals surface area contributed by atoms with Gasteiger partial charge in [0.2, 0.25) is 0 Å². The molecule has 1 aromatic carbocycles. The number of halogens is 4. The molecule has 1 atom stereocenters. The lowest BCUT2D eigenvalue weighted by molar-refractivity contribution is 0.0819. The lowest BCUT2D eigenvalue weighted by Crippen LogP contribution is -2.48. The zero-order valence-corrected chi connectivity index (χ0v) is 16.2. The van der Waals surface area contributed by atoms with E-state index in [4.69, 9.17) is 11.6 Å². The Balaban J connectivity index is 0.00000121. The third-order valence-electron chi connectivity index (χ3n) is 4.55. The molecule has 2 fully saturated rings. The third-order valence-corrected chi connectivity index (χ3v) is 5.52. The highest BCUT2D eigenvalue weighted by Gasteiger charge is 2.36. The van der Waals surface area contributed by atoms with Crippen molar-refractivity contribution in [2.75, 3.05) is 26.2 Å². The van der Waals surface area contributed by atoms with Gasteiger partial charge >= 0.3 is 0 Å². The average molecular weight is 433 g/mol. The van der Waals surface area contributed by atoms with Crippen molar-refractivity contribution in [2.24, 2.45) is 5.92 Å². The minimum absolute atomic E-state index is 0. The second-order valence-electron chi connectivity index (χ2n) is 5.71. The van der Waals surface area contributed by atoms with Crippen LogP contribution in [0.4, 0.5) is 0 Å². The summed E-state index contributed by atoms with van der Waals surface area (Å²) in [5.74, 6) is 0.929. The van der Waals surface area contributed by atoms with E-state index >= 15 is 0 Å². The first-order chi connectivity index (χ1) is 9.68. The molecule has 7 heteroatoms. The van der Waals surface area contributed by atoms with Crippen LogP contribution in [0.2, 0.25) is 5.02 Å². The van der Waals surface area contributed by atoms with Gasteiger partial charge in [-0.25, -0.2) is 0 Å². The van der Waals surface area contributed by atoms with Crippen LogP contribution >= 0.6 is 52.3 Å². The summed E-state index contributed by atoms with van der Waals surface area (Å²) in [7, 11) is 0. The summed E-state index contributed by atoms with van der Waals surface area (Å²) in [5.41, 5.74) is 0.910. The smallest absolute Gasteiger partial charge is 0.136 e. The molecule has 22 heavy (non-hydrogen) atoms. The van der Waals surface area contributed by atoms with Gasteiger partial charge in [-0.2, -0.15) is 0 Å². The molecule has 1 heterocycles. The molecule has 1 saturated carbocycles. The third kappa shape index (κ3) is 4.03. The Morgan fingerprint density at radius 1 is 1.23 bits per heavy atom. The van der Waals surface area contributed by atoms with Crippen LogP contribution in [0.5, 0.6) is 5.75 Å². The van der Waals surface area contributed by atoms with Crippen LogP contribution in [0.25, 0.3) is 0 Å². The van der Waals surface area contributed by atoms with Crippen LogP contribution in [0, 0.1) is 5.92 Å². The number of benzene rings is 1. The number of nitrogens with one attached hydrogen (secondary N) is 1. The van der Waals surface area contributed by atoms with E-state index in [0.29, 0.717) is 16.7 Å². The van der Waals surface area contributed by atoms with Crippen molar-refractivity contribution in [3.05, 3.63) is 27.2 Å². The minimum Gasteiger partial charge on any atom is -0.506 e. The van der Waals surface area contributed by atoms with Crippen LogP contribution in [-0.4, -0.2) is 36.2 Å². The number of phenolic OH excluding ortho intramolecular Hbond substituents is 1. The second kappa shape index (κ2) is 8.95. The van der Waals surface area contributed by atoms with Crippen molar-refractivity contribution in [3.63, 3.8) is 0 Å². The maximum Gasteiger partial charge on any atom is 0.136 e. The molecule has 2 N–H and O–H groups in total. The second-order valence-corrected chi connectivity index (χ2v) is 6.97. The molecule has 0 radical (unpaired) electrons. The van der Waals surface area contributed by atoms with Crippen LogP contribution < -0.4 is 5.32 Å². The van der Waals surface area contributed by atoms with Crippen molar-refractivity contribution in [2.45, 2.75) is 25.3 Å². The molecular weight excluding hydrogens is 410 g/mol. The van der Waals surface area contributed by atoms with Crippen molar-refractivity contribution < 1.29 is 5.11 Å². The number of phenols is 1. The van der Waals surface area contributed by atoms with E-state index < -0.39 is 0 Å². The Hall–Kier alpha value is 0.290. The monoisotopic (exact) mass is 430 g/mol. The highest BCUT2D eigenvalue weighted by atomic mass is 79.9. The van der Waals surface area contributed by atoms with Crippen molar-refractivity contribution in [3.8, 4) is 5.75 Å². The Labute approximate surface area is 157 Å². The van der Waals surface area contributed by atoms with Crippen LogP contribution in [0.3, 0.4) is 0 Å². The first-order valence-corrected chi connectivity index (χ1v) is 8.47. The largest absolute Gasteiger partial charge is 0.506 e. The van der Waals surface area contributed by atoms with E-state index in [9.17, 15) is 5.11 Å². The first-order valence-electron chi connectivity index (χ1n) is 7.30. The molecule has 126 valence electrons. The van der Waals surface area contributed by atoms with Gasteiger partial charge in [0.05, 0.1) is 4.47 Å². The highest BCUT2D eigenvalue weighted by molar-refractivity contribution is 9.10. The summed E-state index contributed by atoms with van der Waals surface area (Å²) in [6.07, 6.45) is 3.76. The standard InChI is InChI=1S/C15H20BrClN2O.2ClH/c16-11-4-5-12(17)13(15(11)20)14(10-2-1-3-10)19-8-6-18-7-9-19;;/h4-5,10,14,18,20H,1-3,6-9H2;2*1H/t14-;;/m1../s1. The summed E-state index contributed by atoms with van der Waals surface area (Å²) in [4.78, 5) is 2.48. The fourth-order valence-electron chi connectivity index (χ4n) is 3.27. The zero-order valence-electron chi connectivity index (χ0n) is 12.2. The minimum atomic E-state index is 0. The van der Waals surface area contributed by atoms with E-state index in [0.717, 1.165) is 36.2 Å². The summed E-state index contributed by atoms with van der Waals surface area (Å²) >= 11 is 9.84. The molecule has 0 unspecified atom stereocenters. The molecule has 1 aliphatic carbocycles. The van der Waals surface area contributed by atoms with Crippen LogP contribution in [-0.2, 0) is 0 Å². The van der Waals surface area contributed by atoms with Gasteiger partial charge in [0.15, 0.2) is 0 Å². The lowest BCUT2D eigenvalue weighted by Gasteiger charge is -2.43. The van der Waals surface area contributed by atoms with Gasteiger partial charge in [0, 0.05) is 42.8 Å². The van der Waals surface area contributed by atoms with Crippen molar-refractivity contribution in [1.82, 2.24) is 10.2 Å². The predicted molar refractivity (Wildman–Crippen MR) is 99.8 cm³/mol. The number of hydrogen-bond acceptors (Lipinski definition) is 3. The van der Waals surface area contributed by atoms with Gasteiger partial charge < -0.3 is 10.4 Å². The molecule has 1 aliphatic heterocycles. The van der Waals surface area contributed by atoms with Crippen LogP contribution in [0.15, 0.2) is 16.6 Å². The van der Waals surface area contributed by atoms with E-state index in [1.807, 2.05) is 12.1 Å². The fraction of sp³-hybridized carbons (Fsp3) is 0.600. The molecule has 1 aromatic rings. The topological polar surface area (TPSA) is 35.5 Å². The molecule has 2 aliphatic rings.